The number of aliphatic hydroxyl groups is 1. The van der Waals surface area contributed by atoms with Crippen LogP contribution in [-0.4, -0.2) is 25.0 Å². The molecule has 0 radical (unpaired) electrons. The molecule has 162 valence electrons. The third kappa shape index (κ3) is 5.17. The van der Waals surface area contributed by atoms with Gasteiger partial charge in [-0.15, -0.1) is 0 Å². The molecule has 4 nitrogen and oxygen atoms in total. The van der Waals surface area contributed by atoms with Gasteiger partial charge >= 0.3 is 0 Å². The van der Waals surface area contributed by atoms with Gasteiger partial charge in [0.25, 0.3) is 0 Å². The molecule has 30 heavy (non-hydrogen) atoms. The van der Waals surface area contributed by atoms with Gasteiger partial charge in [-0.25, -0.2) is 0 Å². The fourth-order valence-corrected chi connectivity index (χ4v) is 5.17. The molecule has 3 rings (SSSR count). The Morgan fingerprint density at radius 3 is 2.47 bits per heavy atom. The summed E-state index contributed by atoms with van der Waals surface area (Å²) in [5.41, 5.74) is 4.01. The molecule has 2 aromatic rings. The Kier molecular flexibility index (Phi) is 7.12. The van der Waals surface area contributed by atoms with Crippen molar-refractivity contribution in [3.05, 3.63) is 65.2 Å². The van der Waals surface area contributed by atoms with E-state index in [9.17, 15) is 5.11 Å². The van der Waals surface area contributed by atoms with E-state index in [0.29, 0.717) is 11.9 Å². The molecule has 2 N–H and O–H groups in total. The molecule has 6 heteroatoms. The van der Waals surface area contributed by atoms with Gasteiger partial charge in [0.2, 0.25) is 0 Å². The summed E-state index contributed by atoms with van der Waals surface area (Å²) in [6.45, 7) is 11.7. The molecule has 1 aliphatic rings. The van der Waals surface area contributed by atoms with Crippen LogP contribution < -0.4 is 10.1 Å². The van der Waals surface area contributed by atoms with Crippen molar-refractivity contribution in [3.63, 3.8) is 0 Å². The normalized spacial score (nSPS) is 17.2. The number of benzene rings is 2. The number of hydrogen-bond donors (Lipinski definition) is 2. The van der Waals surface area contributed by atoms with Gasteiger partial charge in [-0.3, -0.25) is 0 Å². The minimum Gasteiger partial charge on any atom is -0.487 e. The molecule has 0 amide bonds. The predicted molar refractivity (Wildman–Crippen MR) is 131 cm³/mol. The SMILES string of the molecule is CC(C)(C)[Si](C)(C)O[C@@H](CBr)c1ccc(OCc2ccccc2)c2c1C=CC(O)N2. The van der Waals surface area contributed by atoms with E-state index in [1.54, 1.807) is 6.08 Å². The lowest BCUT2D eigenvalue weighted by molar-refractivity contribution is 0.208. The highest BCUT2D eigenvalue weighted by molar-refractivity contribution is 9.09. The van der Waals surface area contributed by atoms with Crippen LogP contribution in [0.15, 0.2) is 48.5 Å². The van der Waals surface area contributed by atoms with Crippen molar-refractivity contribution >= 4 is 36.0 Å². The minimum absolute atomic E-state index is 0.0792. The van der Waals surface area contributed by atoms with E-state index in [4.69, 9.17) is 9.16 Å². The Bertz CT molecular complexity index is 893. The molecule has 0 fully saturated rings. The van der Waals surface area contributed by atoms with E-state index in [-0.39, 0.29) is 11.1 Å². The van der Waals surface area contributed by atoms with Gasteiger partial charge in [0.15, 0.2) is 8.32 Å². The van der Waals surface area contributed by atoms with E-state index in [0.717, 1.165) is 28.1 Å². The second kappa shape index (κ2) is 9.26. The van der Waals surface area contributed by atoms with Gasteiger partial charge < -0.3 is 19.6 Å². The van der Waals surface area contributed by atoms with Crippen molar-refractivity contribution in [2.45, 2.75) is 57.8 Å². The first-order valence-corrected chi connectivity index (χ1v) is 14.4. The largest absolute Gasteiger partial charge is 0.487 e. The van der Waals surface area contributed by atoms with Crippen LogP contribution in [-0.2, 0) is 11.0 Å². The molecule has 1 unspecified atom stereocenters. The van der Waals surface area contributed by atoms with E-state index >= 15 is 0 Å². The predicted octanol–water partition coefficient (Wildman–Crippen LogP) is 6.48. The maximum Gasteiger partial charge on any atom is 0.192 e. The molecule has 0 saturated heterocycles. The number of nitrogens with one attached hydrogen (secondary N) is 1. The van der Waals surface area contributed by atoms with Crippen molar-refractivity contribution in [1.82, 2.24) is 0 Å². The second-order valence-corrected chi connectivity index (χ2v) is 14.6. The standard InChI is InChI=1S/C24H32BrNO3Si/c1-24(2,3)30(4,5)29-21(15-25)18-11-13-20(23-19(18)12-14-22(27)26-23)28-16-17-9-7-6-8-10-17/h6-14,21-22,26-27H,15-16H2,1-5H3/t21-,22?/m0/s1. The summed E-state index contributed by atoms with van der Waals surface area (Å²) in [4.78, 5) is 0. The Hall–Kier alpha value is -1.60. The van der Waals surface area contributed by atoms with Crippen LogP contribution in [0, 0.1) is 0 Å². The molecular formula is C24H32BrNO3Si. The lowest BCUT2D eigenvalue weighted by atomic mass is 9.98. The lowest BCUT2D eigenvalue weighted by Gasteiger charge is -2.39. The van der Waals surface area contributed by atoms with Crippen LogP contribution in [0.3, 0.4) is 0 Å². The summed E-state index contributed by atoms with van der Waals surface area (Å²) in [5.74, 6) is 0.724. The fourth-order valence-electron chi connectivity index (χ4n) is 3.17. The molecule has 0 saturated carbocycles. The van der Waals surface area contributed by atoms with Gasteiger partial charge in [0, 0.05) is 10.9 Å². The molecule has 2 aromatic carbocycles. The molecule has 0 aliphatic carbocycles. The summed E-state index contributed by atoms with van der Waals surface area (Å²) in [5, 5.41) is 14.1. The summed E-state index contributed by atoms with van der Waals surface area (Å²) < 4.78 is 12.8. The van der Waals surface area contributed by atoms with Crippen LogP contribution in [0.5, 0.6) is 5.75 Å². The van der Waals surface area contributed by atoms with Crippen LogP contribution in [0.25, 0.3) is 6.08 Å². The maximum atomic E-state index is 10.2. The van der Waals surface area contributed by atoms with Crippen LogP contribution in [0.1, 0.15) is 43.6 Å². The van der Waals surface area contributed by atoms with Gasteiger partial charge in [-0.2, -0.15) is 0 Å². The number of ether oxygens (including phenoxy) is 1. The molecule has 2 atom stereocenters. The fraction of sp³-hybridized carbons (Fsp3) is 0.417. The highest BCUT2D eigenvalue weighted by Gasteiger charge is 2.40. The van der Waals surface area contributed by atoms with Crippen LogP contribution in [0.4, 0.5) is 5.69 Å². The van der Waals surface area contributed by atoms with E-state index < -0.39 is 14.5 Å². The first kappa shape index (κ1) is 23.1. The van der Waals surface area contributed by atoms with Gasteiger partial charge in [-0.1, -0.05) is 79.2 Å². The van der Waals surface area contributed by atoms with Crippen molar-refractivity contribution in [2.75, 3.05) is 10.6 Å². The lowest BCUT2D eigenvalue weighted by Crippen LogP contribution is -2.42. The number of fused-ring (bicyclic) bond motifs is 1. The summed E-state index contributed by atoms with van der Waals surface area (Å²) >= 11 is 3.66. The van der Waals surface area contributed by atoms with Gasteiger partial charge in [0.05, 0.1) is 11.8 Å². The summed E-state index contributed by atoms with van der Waals surface area (Å²) in [6, 6.07) is 14.1. The number of anilines is 1. The first-order valence-electron chi connectivity index (χ1n) is 10.3. The van der Waals surface area contributed by atoms with Crippen molar-refractivity contribution in [1.29, 1.82) is 0 Å². The second-order valence-electron chi connectivity index (χ2n) is 9.19. The average molecular weight is 491 g/mol. The summed E-state index contributed by atoms with van der Waals surface area (Å²) in [7, 11) is -1.96. The number of halogens is 1. The smallest absolute Gasteiger partial charge is 0.192 e. The molecule has 0 spiro atoms. The van der Waals surface area contributed by atoms with Crippen molar-refractivity contribution in [3.8, 4) is 5.75 Å². The Morgan fingerprint density at radius 1 is 1.13 bits per heavy atom. The van der Waals surface area contributed by atoms with Crippen molar-refractivity contribution < 1.29 is 14.3 Å². The zero-order valence-corrected chi connectivity index (χ0v) is 21.0. The van der Waals surface area contributed by atoms with E-state index in [1.165, 1.54) is 0 Å². The Morgan fingerprint density at radius 2 is 1.83 bits per heavy atom. The topological polar surface area (TPSA) is 50.7 Å². The monoisotopic (exact) mass is 489 g/mol. The average Bonchev–Trinajstić information content (AvgIpc) is 2.70. The molecule has 1 heterocycles. The zero-order valence-electron chi connectivity index (χ0n) is 18.4. The Labute approximate surface area is 189 Å². The molecular weight excluding hydrogens is 458 g/mol. The first-order chi connectivity index (χ1) is 14.1. The molecule has 0 bridgehead atoms. The van der Waals surface area contributed by atoms with Crippen LogP contribution >= 0.6 is 15.9 Å². The van der Waals surface area contributed by atoms with Gasteiger partial charge in [-0.05, 0) is 41.4 Å². The maximum absolute atomic E-state index is 10.2. The highest BCUT2D eigenvalue weighted by atomic mass is 79.9. The van der Waals surface area contributed by atoms with Gasteiger partial charge in [0.1, 0.15) is 18.6 Å². The summed E-state index contributed by atoms with van der Waals surface area (Å²) in [6.07, 6.45) is 2.90. The molecule has 1 aliphatic heterocycles. The quantitative estimate of drug-likeness (QED) is 0.345. The number of hydrogen-bond acceptors (Lipinski definition) is 4. The third-order valence-electron chi connectivity index (χ3n) is 5.95. The zero-order chi connectivity index (χ0) is 21.9. The Balaban J connectivity index is 1.93. The van der Waals surface area contributed by atoms with E-state index in [1.807, 2.05) is 42.5 Å². The van der Waals surface area contributed by atoms with Crippen molar-refractivity contribution in [2.24, 2.45) is 0 Å². The third-order valence-corrected chi connectivity index (χ3v) is 11.0. The highest BCUT2D eigenvalue weighted by Crippen LogP contribution is 2.43. The number of aliphatic hydroxyl groups excluding tert-OH is 1. The van der Waals surface area contributed by atoms with Crippen LogP contribution in [0.2, 0.25) is 18.1 Å². The molecule has 0 aromatic heterocycles. The number of alkyl halides is 1. The van der Waals surface area contributed by atoms with E-state index in [2.05, 4.69) is 61.2 Å². The minimum atomic E-state index is -1.96. The number of rotatable bonds is 7.